The number of benzene rings is 2. The average molecular weight is 481 g/mol. The number of hydrogen-bond donors (Lipinski definition) is 4. The number of amides is 1. The number of halogens is 3. The van der Waals surface area contributed by atoms with Crippen LogP contribution < -0.4 is 10.6 Å². The van der Waals surface area contributed by atoms with Gasteiger partial charge < -0.3 is 20.7 Å². The summed E-state index contributed by atoms with van der Waals surface area (Å²) < 4.78 is 39.0. The first kappa shape index (κ1) is 24.0. The van der Waals surface area contributed by atoms with Gasteiger partial charge >= 0.3 is 6.18 Å². The van der Waals surface area contributed by atoms with Gasteiger partial charge in [0.1, 0.15) is 5.69 Å². The molecule has 0 radical (unpaired) electrons. The molecule has 0 bridgehead atoms. The second kappa shape index (κ2) is 9.98. The van der Waals surface area contributed by atoms with Crippen LogP contribution in [0.25, 0.3) is 11.3 Å². The molecular weight excluding hydrogens is 459 g/mol. The van der Waals surface area contributed by atoms with Crippen LogP contribution in [0, 0.1) is 6.92 Å². The van der Waals surface area contributed by atoms with Gasteiger partial charge in [-0.25, -0.2) is 9.97 Å². The number of nitrogens with zero attached hydrogens (tertiary/aromatic N) is 2. The fraction of sp³-hybridized carbons (Fsp3) is 0.160. The lowest BCUT2D eigenvalue weighted by molar-refractivity contribution is -0.137. The summed E-state index contributed by atoms with van der Waals surface area (Å²) in [5, 5.41) is 15.3. The molecule has 4 N–H and O–H groups in total. The average Bonchev–Trinajstić information content (AvgIpc) is 3.34. The number of carbonyl (C=O) groups excluding carboxylic acids is 1. The zero-order chi connectivity index (χ0) is 25.0. The largest absolute Gasteiger partial charge is 0.416 e. The van der Waals surface area contributed by atoms with Crippen LogP contribution in [-0.4, -0.2) is 32.6 Å². The molecule has 2 heterocycles. The van der Waals surface area contributed by atoms with E-state index in [1.54, 1.807) is 25.4 Å². The molecule has 0 aliphatic carbocycles. The van der Waals surface area contributed by atoms with Crippen molar-refractivity contribution in [3.8, 4) is 11.3 Å². The monoisotopic (exact) mass is 481 g/mol. The zero-order valence-corrected chi connectivity index (χ0v) is 18.6. The molecule has 0 fully saturated rings. The summed E-state index contributed by atoms with van der Waals surface area (Å²) in [6.45, 7) is 1.52. The van der Waals surface area contributed by atoms with Crippen LogP contribution in [-0.2, 0) is 6.18 Å². The van der Waals surface area contributed by atoms with Crippen LogP contribution >= 0.6 is 0 Å². The van der Waals surface area contributed by atoms with E-state index in [0.717, 1.165) is 17.7 Å². The van der Waals surface area contributed by atoms with E-state index in [-0.39, 0.29) is 23.9 Å². The Balaban J connectivity index is 1.53. The quantitative estimate of drug-likeness (QED) is 0.297. The highest BCUT2D eigenvalue weighted by molar-refractivity contribution is 5.94. The maximum Gasteiger partial charge on any atom is 0.416 e. The summed E-state index contributed by atoms with van der Waals surface area (Å²) >= 11 is 0. The number of nitrogens with one attached hydrogen (secondary N) is 3. The topological polar surface area (TPSA) is 103 Å². The molecule has 0 spiro atoms. The van der Waals surface area contributed by atoms with E-state index in [1.807, 2.05) is 30.3 Å². The van der Waals surface area contributed by atoms with E-state index < -0.39 is 23.7 Å². The minimum atomic E-state index is -4.46. The maximum absolute atomic E-state index is 13.0. The van der Waals surface area contributed by atoms with Gasteiger partial charge in [0.05, 0.1) is 23.9 Å². The molecule has 1 unspecified atom stereocenters. The van der Waals surface area contributed by atoms with Crippen LogP contribution in [0.3, 0.4) is 0 Å². The highest BCUT2D eigenvalue weighted by atomic mass is 19.4. The van der Waals surface area contributed by atoms with Crippen molar-refractivity contribution in [3.05, 3.63) is 95.4 Å². The van der Waals surface area contributed by atoms with Crippen LogP contribution in [0.1, 0.15) is 33.2 Å². The van der Waals surface area contributed by atoms with Crippen molar-refractivity contribution >= 4 is 17.5 Å². The Bertz CT molecular complexity index is 1320. The molecule has 0 aliphatic rings. The van der Waals surface area contributed by atoms with E-state index >= 15 is 0 Å². The second-order valence-electron chi connectivity index (χ2n) is 7.85. The maximum atomic E-state index is 13.0. The molecule has 1 atom stereocenters. The van der Waals surface area contributed by atoms with Crippen LogP contribution in [0.15, 0.2) is 73.1 Å². The first-order valence-corrected chi connectivity index (χ1v) is 10.7. The van der Waals surface area contributed by atoms with E-state index in [0.29, 0.717) is 16.8 Å². The van der Waals surface area contributed by atoms with Gasteiger partial charge in [-0.2, -0.15) is 13.2 Å². The molecular formula is C25H22F3N5O2. The van der Waals surface area contributed by atoms with Crippen molar-refractivity contribution < 1.29 is 23.1 Å². The number of alkyl halides is 3. The van der Waals surface area contributed by atoms with Gasteiger partial charge in [0.2, 0.25) is 5.95 Å². The number of rotatable bonds is 7. The number of aliphatic hydroxyl groups is 1. The summed E-state index contributed by atoms with van der Waals surface area (Å²) in [7, 11) is 0. The SMILES string of the molecule is Cc1cnc(Nc2cccc(C(F)(F)F)c2)nc1-c1c[nH]c(C(=O)NC(CO)c2ccccc2)c1. The molecule has 10 heteroatoms. The molecule has 4 rings (SSSR count). The summed E-state index contributed by atoms with van der Waals surface area (Å²) in [5.74, 6) is -0.297. The Morgan fingerprint density at radius 3 is 2.60 bits per heavy atom. The molecule has 2 aromatic carbocycles. The predicted octanol–water partition coefficient (Wildman–Crippen LogP) is 5.01. The van der Waals surface area contributed by atoms with E-state index in [1.165, 1.54) is 12.1 Å². The lowest BCUT2D eigenvalue weighted by atomic mass is 10.1. The summed E-state index contributed by atoms with van der Waals surface area (Å²) in [5.41, 5.74) is 2.26. The molecule has 2 aromatic heterocycles. The molecule has 4 aromatic rings. The number of aliphatic hydroxyl groups excluding tert-OH is 1. The Morgan fingerprint density at radius 2 is 1.89 bits per heavy atom. The van der Waals surface area contributed by atoms with Gasteiger partial charge in [-0.15, -0.1) is 0 Å². The molecule has 0 aliphatic heterocycles. The minimum Gasteiger partial charge on any atom is -0.394 e. The Labute approximate surface area is 199 Å². The number of H-pyrrole nitrogens is 1. The van der Waals surface area contributed by atoms with Gasteiger partial charge in [-0.05, 0) is 42.3 Å². The number of aromatic nitrogens is 3. The summed E-state index contributed by atoms with van der Waals surface area (Å²) in [6.07, 6.45) is -1.31. The third kappa shape index (κ3) is 5.67. The van der Waals surface area contributed by atoms with Crippen molar-refractivity contribution in [3.63, 3.8) is 0 Å². The smallest absolute Gasteiger partial charge is 0.394 e. The lowest BCUT2D eigenvalue weighted by Crippen LogP contribution is -2.30. The van der Waals surface area contributed by atoms with Crippen LogP contribution in [0.5, 0.6) is 0 Å². The molecule has 1 amide bonds. The van der Waals surface area contributed by atoms with Gasteiger partial charge in [-0.3, -0.25) is 4.79 Å². The van der Waals surface area contributed by atoms with Crippen LogP contribution in [0.2, 0.25) is 0 Å². The van der Waals surface area contributed by atoms with Crippen molar-refractivity contribution in [1.82, 2.24) is 20.3 Å². The molecule has 180 valence electrons. The van der Waals surface area contributed by atoms with Crippen molar-refractivity contribution in [2.75, 3.05) is 11.9 Å². The molecule has 0 saturated carbocycles. The Morgan fingerprint density at radius 1 is 1.11 bits per heavy atom. The number of aryl methyl sites for hydroxylation is 1. The summed E-state index contributed by atoms with van der Waals surface area (Å²) in [4.78, 5) is 24.2. The highest BCUT2D eigenvalue weighted by Gasteiger charge is 2.30. The second-order valence-corrected chi connectivity index (χ2v) is 7.85. The van der Waals surface area contributed by atoms with Crippen molar-refractivity contribution in [1.29, 1.82) is 0 Å². The minimum absolute atomic E-state index is 0.113. The fourth-order valence-electron chi connectivity index (χ4n) is 3.51. The van der Waals surface area contributed by atoms with E-state index in [9.17, 15) is 23.1 Å². The molecule has 0 saturated heterocycles. The molecule has 7 nitrogen and oxygen atoms in total. The number of carbonyl (C=O) groups is 1. The fourth-order valence-corrected chi connectivity index (χ4v) is 3.51. The normalized spacial score (nSPS) is 12.3. The first-order valence-electron chi connectivity index (χ1n) is 10.7. The van der Waals surface area contributed by atoms with E-state index in [4.69, 9.17) is 0 Å². The number of anilines is 2. The Hall–Kier alpha value is -4.18. The standard InChI is InChI=1S/C25H22F3N5O2/c1-15-12-30-24(31-19-9-5-8-18(11-19)25(26,27)28)33-22(15)17-10-20(29-13-17)23(35)32-21(14-34)16-6-3-2-4-7-16/h2-13,21,29,34H,14H2,1H3,(H,32,35)(H,30,31,33). The summed E-state index contributed by atoms with van der Waals surface area (Å²) in [6, 6.07) is 14.9. The third-order valence-electron chi connectivity index (χ3n) is 5.31. The molecule has 35 heavy (non-hydrogen) atoms. The van der Waals surface area contributed by atoms with Crippen molar-refractivity contribution in [2.24, 2.45) is 0 Å². The predicted molar refractivity (Wildman–Crippen MR) is 125 cm³/mol. The Kier molecular flexibility index (Phi) is 6.83. The lowest BCUT2D eigenvalue weighted by Gasteiger charge is -2.16. The van der Waals surface area contributed by atoms with E-state index in [2.05, 4.69) is 25.6 Å². The zero-order valence-electron chi connectivity index (χ0n) is 18.6. The number of hydrogen-bond acceptors (Lipinski definition) is 5. The van der Waals surface area contributed by atoms with Crippen LogP contribution in [0.4, 0.5) is 24.8 Å². The van der Waals surface area contributed by atoms with Gasteiger partial charge in [0, 0.05) is 23.6 Å². The van der Waals surface area contributed by atoms with Gasteiger partial charge in [0.15, 0.2) is 0 Å². The van der Waals surface area contributed by atoms with Gasteiger partial charge in [0.25, 0.3) is 5.91 Å². The first-order chi connectivity index (χ1) is 16.7. The highest BCUT2D eigenvalue weighted by Crippen LogP contribution is 2.31. The van der Waals surface area contributed by atoms with Gasteiger partial charge in [-0.1, -0.05) is 36.4 Å². The number of aromatic amines is 1. The third-order valence-corrected chi connectivity index (χ3v) is 5.31. The van der Waals surface area contributed by atoms with Crippen molar-refractivity contribution in [2.45, 2.75) is 19.1 Å².